The zero-order valence-electron chi connectivity index (χ0n) is 16.9. The zero-order valence-corrected chi connectivity index (χ0v) is 16.9. The topological polar surface area (TPSA) is 71.3 Å². The van der Waals surface area contributed by atoms with E-state index in [2.05, 4.69) is 24.5 Å². The van der Waals surface area contributed by atoms with Crippen LogP contribution in [0.15, 0.2) is 54.9 Å². The lowest BCUT2D eigenvalue weighted by molar-refractivity contribution is -0.727. The van der Waals surface area contributed by atoms with Gasteiger partial charge in [-0.05, 0) is 31.2 Å². The number of ether oxygens (including phenoxy) is 1. The molecule has 1 heterocycles. The highest BCUT2D eigenvalue weighted by atomic mass is 16.6. The maximum Gasteiger partial charge on any atom is 0.412 e. The number of rotatable bonds is 9. The number of benzene rings is 1. The molecule has 2 aromatic rings. The van der Waals surface area contributed by atoms with Crippen molar-refractivity contribution >= 4 is 12.0 Å². The summed E-state index contributed by atoms with van der Waals surface area (Å²) in [6.45, 7) is 6.93. The zero-order chi connectivity index (χ0) is 20.4. The van der Waals surface area contributed by atoms with E-state index in [1.807, 2.05) is 37.3 Å². The minimum Gasteiger partial charge on any atom is -0.388 e. The number of hydrogen-bond donors (Lipinski definition) is 2. The highest BCUT2D eigenvalue weighted by Crippen LogP contribution is 2.03. The van der Waals surface area contributed by atoms with Crippen molar-refractivity contribution in [3.63, 3.8) is 0 Å². The molecule has 28 heavy (non-hydrogen) atoms. The van der Waals surface area contributed by atoms with Crippen LogP contribution < -0.4 is 15.2 Å². The Morgan fingerprint density at radius 1 is 1.04 bits per heavy atom. The van der Waals surface area contributed by atoms with Gasteiger partial charge in [-0.2, -0.15) is 4.57 Å². The van der Waals surface area contributed by atoms with E-state index in [0.717, 1.165) is 18.4 Å². The minimum atomic E-state index is -0.466. The second kappa shape index (κ2) is 11.1. The van der Waals surface area contributed by atoms with Crippen LogP contribution in [0.5, 0.6) is 0 Å². The van der Waals surface area contributed by atoms with Gasteiger partial charge in [0, 0.05) is 24.7 Å². The fourth-order valence-corrected chi connectivity index (χ4v) is 2.67. The number of hydrogen-bond acceptors (Lipinski definition) is 3. The van der Waals surface area contributed by atoms with Crippen LogP contribution in [0.2, 0.25) is 0 Å². The van der Waals surface area contributed by atoms with Gasteiger partial charge >= 0.3 is 6.09 Å². The maximum atomic E-state index is 12.1. The molecule has 1 aromatic carbocycles. The van der Waals surface area contributed by atoms with E-state index in [-0.39, 0.29) is 18.7 Å². The van der Waals surface area contributed by atoms with Gasteiger partial charge in [0.15, 0.2) is 12.4 Å². The van der Waals surface area contributed by atoms with Gasteiger partial charge in [0.1, 0.15) is 0 Å². The lowest BCUT2D eigenvalue weighted by atomic mass is 10.1. The summed E-state index contributed by atoms with van der Waals surface area (Å²) in [6.07, 6.45) is 4.66. The molecule has 0 aliphatic heterocycles. The van der Waals surface area contributed by atoms with E-state index in [1.165, 1.54) is 0 Å². The molecule has 1 atom stereocenters. The predicted octanol–water partition coefficient (Wildman–Crippen LogP) is 3.06. The Morgan fingerprint density at radius 2 is 1.71 bits per heavy atom. The fourth-order valence-electron chi connectivity index (χ4n) is 2.67. The molecule has 0 aliphatic carbocycles. The Balaban J connectivity index is 1.73. The maximum absolute atomic E-state index is 12.1. The van der Waals surface area contributed by atoms with Crippen LogP contribution in [0.4, 0.5) is 4.79 Å². The highest BCUT2D eigenvalue weighted by molar-refractivity contribution is 5.93. The minimum absolute atomic E-state index is 0.0307. The van der Waals surface area contributed by atoms with Crippen LogP contribution in [-0.2, 0) is 17.9 Å². The molecule has 1 aromatic heterocycles. The molecule has 2 N–H and O–H groups in total. The number of aromatic nitrogens is 1. The van der Waals surface area contributed by atoms with Gasteiger partial charge in [-0.1, -0.05) is 44.2 Å². The van der Waals surface area contributed by atoms with E-state index in [4.69, 9.17) is 4.74 Å². The number of pyridine rings is 1. The van der Waals surface area contributed by atoms with Crippen LogP contribution in [0, 0.1) is 5.92 Å². The molecule has 0 bridgehead atoms. The van der Waals surface area contributed by atoms with Crippen LogP contribution in [0.3, 0.4) is 0 Å². The quantitative estimate of drug-likeness (QED) is 0.653. The normalized spacial score (nSPS) is 11.7. The van der Waals surface area contributed by atoms with Gasteiger partial charge in [0.25, 0.3) is 12.6 Å². The van der Waals surface area contributed by atoms with Crippen molar-refractivity contribution in [3.05, 3.63) is 66.0 Å². The van der Waals surface area contributed by atoms with Gasteiger partial charge in [-0.15, -0.1) is 0 Å². The second-order valence-electron chi connectivity index (χ2n) is 7.34. The number of carbonyl (C=O) groups excluding carboxylic acids is 2. The first-order chi connectivity index (χ1) is 13.4. The van der Waals surface area contributed by atoms with Gasteiger partial charge in [0.2, 0.25) is 0 Å². The fraction of sp³-hybridized carbons (Fsp3) is 0.409. The van der Waals surface area contributed by atoms with Crippen molar-refractivity contribution in [1.82, 2.24) is 10.6 Å². The molecule has 0 unspecified atom stereocenters. The van der Waals surface area contributed by atoms with Crippen molar-refractivity contribution in [2.45, 2.75) is 46.4 Å². The molecule has 0 aliphatic rings. The predicted molar refractivity (Wildman–Crippen MR) is 108 cm³/mol. The summed E-state index contributed by atoms with van der Waals surface area (Å²) in [5.41, 5.74) is 1.74. The standard InChI is InChI=1S/C22H29N3O3/c1-17(2)9-12-23-21(26)20-10-13-25(14-11-20)16-28-22(27)24-18(3)15-19-7-5-4-6-8-19/h4-8,10-11,13-14,17-18H,9,12,15-16H2,1-3H3,(H-,23,24,26,27)/p+1/t18-/m0/s1. The summed E-state index contributed by atoms with van der Waals surface area (Å²) in [7, 11) is 0. The van der Waals surface area contributed by atoms with Gasteiger partial charge in [0.05, 0.1) is 5.56 Å². The average Bonchev–Trinajstić information content (AvgIpc) is 2.67. The molecule has 2 rings (SSSR count). The molecule has 0 fully saturated rings. The number of nitrogens with zero attached hydrogens (tertiary/aromatic N) is 1. The molecule has 0 radical (unpaired) electrons. The van der Waals surface area contributed by atoms with Crippen molar-refractivity contribution < 1.29 is 18.9 Å². The first kappa shape index (κ1) is 21.4. The summed E-state index contributed by atoms with van der Waals surface area (Å²) in [4.78, 5) is 24.0. The van der Waals surface area contributed by atoms with Gasteiger partial charge in [-0.3, -0.25) is 4.79 Å². The highest BCUT2D eigenvalue weighted by Gasteiger charge is 2.12. The molecule has 6 nitrogen and oxygen atoms in total. The summed E-state index contributed by atoms with van der Waals surface area (Å²) in [6, 6.07) is 13.4. The molecule has 150 valence electrons. The van der Waals surface area contributed by atoms with E-state index in [1.54, 1.807) is 29.1 Å². The van der Waals surface area contributed by atoms with E-state index < -0.39 is 6.09 Å². The average molecular weight is 385 g/mol. The Kier molecular flexibility index (Phi) is 8.46. The van der Waals surface area contributed by atoms with Crippen molar-refractivity contribution in [2.75, 3.05) is 6.54 Å². The lowest BCUT2D eigenvalue weighted by Gasteiger charge is -2.13. The third-order valence-corrected chi connectivity index (χ3v) is 4.25. The molecule has 2 amide bonds. The second-order valence-corrected chi connectivity index (χ2v) is 7.34. The van der Waals surface area contributed by atoms with Crippen LogP contribution in [0.1, 0.15) is 43.1 Å². The largest absolute Gasteiger partial charge is 0.412 e. The van der Waals surface area contributed by atoms with Gasteiger partial charge in [-0.25, -0.2) is 4.79 Å². The van der Waals surface area contributed by atoms with Gasteiger partial charge < -0.3 is 15.4 Å². The molecule has 0 saturated heterocycles. The Labute approximate surface area is 166 Å². The summed E-state index contributed by atoms with van der Waals surface area (Å²) < 4.78 is 6.94. The van der Waals surface area contributed by atoms with E-state index >= 15 is 0 Å². The Morgan fingerprint density at radius 3 is 2.36 bits per heavy atom. The number of nitrogens with one attached hydrogen (secondary N) is 2. The number of amides is 2. The van der Waals surface area contributed by atoms with E-state index in [9.17, 15) is 9.59 Å². The summed E-state index contributed by atoms with van der Waals surface area (Å²) in [5.74, 6) is 0.457. The monoisotopic (exact) mass is 384 g/mol. The SMILES string of the molecule is CC(C)CCNC(=O)c1cc[n+](COC(=O)N[C@@H](C)Cc2ccccc2)cc1. The van der Waals surface area contributed by atoms with Crippen molar-refractivity contribution in [3.8, 4) is 0 Å². The van der Waals surface area contributed by atoms with Crippen LogP contribution in [-0.4, -0.2) is 24.6 Å². The van der Waals surface area contributed by atoms with Crippen LogP contribution >= 0.6 is 0 Å². The third kappa shape index (κ3) is 7.78. The lowest BCUT2D eigenvalue weighted by Crippen LogP contribution is -2.40. The number of alkyl carbamates (subject to hydrolysis) is 1. The Bertz CT molecular complexity index is 745. The van der Waals surface area contributed by atoms with Crippen LogP contribution in [0.25, 0.3) is 0 Å². The summed E-state index contributed by atoms with van der Waals surface area (Å²) in [5, 5.41) is 5.72. The Hall–Kier alpha value is -2.89. The smallest absolute Gasteiger partial charge is 0.388 e. The first-order valence-corrected chi connectivity index (χ1v) is 9.68. The first-order valence-electron chi connectivity index (χ1n) is 9.68. The molecular formula is C22H30N3O3+. The number of carbonyl (C=O) groups is 2. The summed E-state index contributed by atoms with van der Waals surface area (Å²) >= 11 is 0. The molecule has 0 spiro atoms. The van der Waals surface area contributed by atoms with Crippen molar-refractivity contribution in [2.24, 2.45) is 5.92 Å². The molecule has 0 saturated carbocycles. The molecular weight excluding hydrogens is 354 g/mol. The van der Waals surface area contributed by atoms with E-state index in [0.29, 0.717) is 18.0 Å². The third-order valence-electron chi connectivity index (χ3n) is 4.25. The molecule has 6 heteroatoms. The van der Waals surface area contributed by atoms with Crippen molar-refractivity contribution in [1.29, 1.82) is 0 Å².